The molecule has 1 N–H and O–H groups in total. The number of ether oxygens (including phenoxy) is 1. The first-order valence-corrected chi connectivity index (χ1v) is 13.1. The Hall–Kier alpha value is -2.71. The van der Waals surface area contributed by atoms with E-state index in [2.05, 4.69) is 14.9 Å². The van der Waals surface area contributed by atoms with Gasteiger partial charge in [-0.3, -0.25) is 14.8 Å². The standard InChI is InChI=1S/C27H32FN3O3S/c1-34-20-4-6-26-23(17-20)22(9-13-30-26)25(28)5-3-19-10-15-31(18-24(19)27(32)33)14-2-16-35-21-7-11-29-12-8-21/h4,6-9,11-13,17,19,24-25H,2-3,5,10,14-16,18H2,1H3,(H,32,33)/t19-,24+,25+/m1/s1. The van der Waals surface area contributed by atoms with E-state index in [-0.39, 0.29) is 5.92 Å². The molecule has 2 aromatic heterocycles. The summed E-state index contributed by atoms with van der Waals surface area (Å²) in [7, 11) is 1.59. The van der Waals surface area contributed by atoms with Crippen molar-refractivity contribution in [3.63, 3.8) is 0 Å². The number of alkyl halides is 1. The van der Waals surface area contributed by atoms with Gasteiger partial charge in [-0.15, -0.1) is 11.8 Å². The molecule has 1 aliphatic rings. The van der Waals surface area contributed by atoms with Crippen LogP contribution in [0.3, 0.4) is 0 Å². The van der Waals surface area contributed by atoms with E-state index in [9.17, 15) is 9.90 Å². The largest absolute Gasteiger partial charge is 0.497 e. The fraction of sp³-hybridized carbons (Fsp3) is 0.444. The molecule has 0 amide bonds. The predicted octanol–water partition coefficient (Wildman–Crippen LogP) is 5.63. The summed E-state index contributed by atoms with van der Waals surface area (Å²) in [5.41, 5.74) is 1.31. The van der Waals surface area contributed by atoms with E-state index in [0.29, 0.717) is 30.7 Å². The van der Waals surface area contributed by atoms with Gasteiger partial charge >= 0.3 is 5.97 Å². The third-order valence-electron chi connectivity index (χ3n) is 6.81. The van der Waals surface area contributed by atoms with Crippen LogP contribution in [0.4, 0.5) is 4.39 Å². The smallest absolute Gasteiger partial charge is 0.308 e. The molecule has 4 rings (SSSR count). The highest BCUT2D eigenvalue weighted by molar-refractivity contribution is 7.99. The second kappa shape index (κ2) is 12.3. The van der Waals surface area contributed by atoms with E-state index in [1.807, 2.05) is 30.3 Å². The van der Waals surface area contributed by atoms with Gasteiger partial charge in [-0.25, -0.2) is 4.39 Å². The average Bonchev–Trinajstić information content (AvgIpc) is 2.89. The highest BCUT2D eigenvalue weighted by atomic mass is 32.2. The van der Waals surface area contributed by atoms with Crippen molar-refractivity contribution in [1.29, 1.82) is 0 Å². The molecular weight excluding hydrogens is 465 g/mol. The monoisotopic (exact) mass is 497 g/mol. The Labute approximate surface area is 209 Å². The third kappa shape index (κ3) is 6.70. The fourth-order valence-corrected chi connectivity index (χ4v) is 5.70. The molecule has 1 saturated heterocycles. The van der Waals surface area contributed by atoms with Crippen LogP contribution in [0.15, 0.2) is 59.9 Å². The molecule has 0 aliphatic carbocycles. The van der Waals surface area contributed by atoms with Crippen LogP contribution in [-0.4, -0.2) is 58.4 Å². The molecule has 3 aromatic rings. The lowest BCUT2D eigenvalue weighted by atomic mass is 9.81. The highest BCUT2D eigenvalue weighted by Gasteiger charge is 2.34. The molecule has 186 valence electrons. The molecule has 0 saturated carbocycles. The number of aromatic nitrogens is 2. The second-order valence-corrected chi connectivity index (χ2v) is 10.2. The molecule has 0 unspecified atom stereocenters. The number of methoxy groups -OCH3 is 1. The lowest BCUT2D eigenvalue weighted by Crippen LogP contribution is -2.44. The predicted molar refractivity (Wildman–Crippen MR) is 137 cm³/mol. The number of hydrogen-bond donors (Lipinski definition) is 1. The van der Waals surface area contributed by atoms with Gasteiger partial charge < -0.3 is 14.7 Å². The third-order valence-corrected chi connectivity index (χ3v) is 7.90. The maximum Gasteiger partial charge on any atom is 0.308 e. The van der Waals surface area contributed by atoms with E-state index in [0.717, 1.165) is 42.6 Å². The first-order chi connectivity index (χ1) is 17.0. The number of aliphatic carboxylic acids is 1. The second-order valence-electron chi connectivity index (χ2n) is 9.01. The number of rotatable bonds is 11. The van der Waals surface area contributed by atoms with Gasteiger partial charge in [-0.2, -0.15) is 0 Å². The number of carboxylic acids is 1. The first kappa shape index (κ1) is 25.4. The Morgan fingerprint density at radius 3 is 2.86 bits per heavy atom. The van der Waals surface area contributed by atoms with Crippen molar-refractivity contribution in [2.24, 2.45) is 11.8 Å². The van der Waals surface area contributed by atoms with Crippen LogP contribution in [0, 0.1) is 11.8 Å². The van der Waals surface area contributed by atoms with Gasteiger partial charge in [0.05, 0.1) is 18.5 Å². The van der Waals surface area contributed by atoms with Crippen molar-refractivity contribution in [2.45, 2.75) is 36.8 Å². The quantitative estimate of drug-likeness (QED) is 0.272. The number of carboxylic acid groups (broad SMARTS) is 1. The summed E-state index contributed by atoms with van der Waals surface area (Å²) in [6.45, 7) is 2.28. The van der Waals surface area contributed by atoms with Crippen LogP contribution >= 0.6 is 11.8 Å². The average molecular weight is 498 g/mol. The summed E-state index contributed by atoms with van der Waals surface area (Å²) >= 11 is 1.79. The van der Waals surface area contributed by atoms with Crippen molar-refractivity contribution < 1.29 is 19.0 Å². The first-order valence-electron chi connectivity index (χ1n) is 12.1. The van der Waals surface area contributed by atoms with E-state index >= 15 is 4.39 Å². The summed E-state index contributed by atoms with van der Waals surface area (Å²) in [4.78, 5) is 23.8. The van der Waals surface area contributed by atoms with Crippen molar-refractivity contribution >= 4 is 28.6 Å². The lowest BCUT2D eigenvalue weighted by molar-refractivity contribution is -0.146. The van der Waals surface area contributed by atoms with Gasteiger partial charge in [-0.05, 0) is 92.4 Å². The number of pyridine rings is 2. The number of benzene rings is 1. The molecule has 8 heteroatoms. The SMILES string of the molecule is COc1ccc2nccc([C@@H](F)CC[C@@H]3CCN(CCCSc4ccncc4)C[C@@H]3C(=O)O)c2c1. The number of piperidine rings is 1. The van der Waals surface area contributed by atoms with E-state index in [1.165, 1.54) is 4.90 Å². The molecule has 1 aliphatic heterocycles. The zero-order valence-corrected chi connectivity index (χ0v) is 20.8. The maximum absolute atomic E-state index is 15.4. The highest BCUT2D eigenvalue weighted by Crippen LogP contribution is 2.35. The molecule has 0 spiro atoms. The maximum atomic E-state index is 15.4. The Balaban J connectivity index is 1.30. The van der Waals surface area contributed by atoms with Crippen LogP contribution < -0.4 is 4.74 Å². The van der Waals surface area contributed by atoms with Gasteiger partial charge in [0.2, 0.25) is 0 Å². The topological polar surface area (TPSA) is 75.5 Å². The van der Waals surface area contributed by atoms with Crippen molar-refractivity contribution in [3.8, 4) is 5.75 Å². The van der Waals surface area contributed by atoms with Crippen molar-refractivity contribution in [1.82, 2.24) is 14.9 Å². The summed E-state index contributed by atoms with van der Waals surface area (Å²) in [5, 5.41) is 10.6. The van der Waals surface area contributed by atoms with E-state index in [4.69, 9.17) is 4.74 Å². The minimum Gasteiger partial charge on any atom is -0.497 e. The number of fused-ring (bicyclic) bond motifs is 1. The minimum absolute atomic E-state index is 0.0177. The minimum atomic E-state index is -1.18. The Morgan fingerprint density at radius 2 is 2.09 bits per heavy atom. The van der Waals surface area contributed by atoms with Crippen LogP contribution in [0.5, 0.6) is 5.75 Å². The molecule has 6 nitrogen and oxygen atoms in total. The molecule has 3 atom stereocenters. The van der Waals surface area contributed by atoms with Gasteiger partial charge in [-0.1, -0.05) is 0 Å². The number of halogens is 1. The van der Waals surface area contributed by atoms with Crippen molar-refractivity contribution in [2.75, 3.05) is 32.5 Å². The Kier molecular flexibility index (Phi) is 8.93. The molecule has 1 aromatic carbocycles. The number of thioether (sulfide) groups is 1. The summed E-state index contributed by atoms with van der Waals surface area (Å²) in [5.74, 6) is 0.390. The van der Waals surface area contributed by atoms with Gasteiger partial charge in [0.1, 0.15) is 11.9 Å². The molecule has 3 heterocycles. The fourth-order valence-electron chi connectivity index (χ4n) is 4.87. The van der Waals surface area contributed by atoms with Crippen LogP contribution in [-0.2, 0) is 4.79 Å². The van der Waals surface area contributed by atoms with Gasteiger partial charge in [0.15, 0.2) is 0 Å². The molecule has 0 bridgehead atoms. The lowest BCUT2D eigenvalue weighted by Gasteiger charge is -2.36. The van der Waals surface area contributed by atoms with Crippen LogP contribution in [0.25, 0.3) is 10.9 Å². The molecule has 35 heavy (non-hydrogen) atoms. The van der Waals surface area contributed by atoms with Gasteiger partial charge in [0, 0.05) is 35.4 Å². The van der Waals surface area contributed by atoms with Gasteiger partial charge in [0.25, 0.3) is 0 Å². The van der Waals surface area contributed by atoms with Crippen LogP contribution in [0.1, 0.15) is 37.4 Å². The zero-order valence-electron chi connectivity index (χ0n) is 20.0. The summed E-state index contributed by atoms with van der Waals surface area (Å²) < 4.78 is 20.7. The zero-order chi connectivity index (χ0) is 24.6. The number of hydrogen-bond acceptors (Lipinski definition) is 6. The van der Waals surface area contributed by atoms with E-state index < -0.39 is 18.1 Å². The van der Waals surface area contributed by atoms with Crippen LogP contribution in [0.2, 0.25) is 0 Å². The summed E-state index contributed by atoms with van der Waals surface area (Å²) in [6, 6.07) is 11.2. The molecule has 1 fully saturated rings. The van der Waals surface area contributed by atoms with Crippen molar-refractivity contribution in [3.05, 3.63) is 60.6 Å². The number of likely N-dealkylation sites (tertiary alicyclic amines) is 1. The molecule has 0 radical (unpaired) electrons. The number of carbonyl (C=O) groups is 1. The van der Waals surface area contributed by atoms with E-state index in [1.54, 1.807) is 43.5 Å². The molecular formula is C27H32FN3O3S. The Morgan fingerprint density at radius 1 is 1.26 bits per heavy atom. The Bertz CT molecular complexity index is 1120. The number of nitrogens with zero attached hydrogens (tertiary/aromatic N) is 3. The summed E-state index contributed by atoms with van der Waals surface area (Å²) in [6.07, 6.45) is 6.67. The normalized spacial score (nSPS) is 19.5.